The first-order valence-electron chi connectivity index (χ1n) is 10.3. The summed E-state index contributed by atoms with van der Waals surface area (Å²) in [6.45, 7) is 1.88. The first-order chi connectivity index (χ1) is 16.7. The molecule has 178 valence electrons. The van der Waals surface area contributed by atoms with Crippen LogP contribution in [-0.4, -0.2) is 31.2 Å². The lowest BCUT2D eigenvalue weighted by Crippen LogP contribution is -2.00. The number of nitrogens with one attached hydrogen (secondary N) is 1. The smallest absolute Gasteiger partial charge is 0.238 e. The zero-order chi connectivity index (χ0) is 24.9. The van der Waals surface area contributed by atoms with Gasteiger partial charge in [0.2, 0.25) is 5.88 Å². The Labute approximate surface area is 202 Å². The summed E-state index contributed by atoms with van der Waals surface area (Å²) in [5.74, 6) is -4.34. The molecule has 0 spiro atoms. The number of ether oxygens (including phenoxy) is 1. The lowest BCUT2D eigenvalue weighted by Gasteiger charge is -2.14. The van der Waals surface area contributed by atoms with E-state index in [0.717, 1.165) is 23.5 Å². The standard InChI is InChI=1S/C24H17ClF3N5O2/c1-12-9-32(11-29-12)19-4-3-15(8-20(19)35-2)30-18-7-14(25)10-33-22(24(34)31-23(18)33)13-5-16(26)21(28)17(27)6-13/h3-11,30,34H,1-2H3. The molecule has 3 aromatic heterocycles. The number of nitrogens with zero attached hydrogens (tertiary/aromatic N) is 4. The van der Waals surface area contributed by atoms with Gasteiger partial charge in [-0.25, -0.2) is 18.2 Å². The van der Waals surface area contributed by atoms with Gasteiger partial charge in [0.05, 0.1) is 35.5 Å². The number of aryl methyl sites for hydroxylation is 1. The lowest BCUT2D eigenvalue weighted by atomic mass is 10.1. The number of anilines is 2. The number of benzene rings is 2. The summed E-state index contributed by atoms with van der Waals surface area (Å²) in [5, 5.41) is 13.9. The Hall–Kier alpha value is -4.18. The van der Waals surface area contributed by atoms with Crippen molar-refractivity contribution in [2.75, 3.05) is 12.4 Å². The Morgan fingerprint density at radius 1 is 1.06 bits per heavy atom. The van der Waals surface area contributed by atoms with Crippen LogP contribution in [0.4, 0.5) is 24.5 Å². The molecule has 5 rings (SSSR count). The summed E-state index contributed by atoms with van der Waals surface area (Å²) < 4.78 is 49.9. The van der Waals surface area contributed by atoms with Gasteiger partial charge in [-0.1, -0.05) is 11.6 Å². The number of pyridine rings is 1. The highest BCUT2D eigenvalue weighted by molar-refractivity contribution is 6.31. The first kappa shape index (κ1) is 22.6. The molecule has 35 heavy (non-hydrogen) atoms. The molecule has 0 bridgehead atoms. The van der Waals surface area contributed by atoms with Crippen molar-refractivity contribution >= 4 is 28.6 Å². The Balaban J connectivity index is 1.59. The topological polar surface area (TPSA) is 76.6 Å². The summed E-state index contributed by atoms with van der Waals surface area (Å²) in [4.78, 5) is 8.36. The van der Waals surface area contributed by atoms with Crippen LogP contribution < -0.4 is 10.1 Å². The maximum absolute atomic E-state index is 13.9. The molecule has 5 aromatic rings. The van der Waals surface area contributed by atoms with Crippen LogP contribution in [0.25, 0.3) is 22.6 Å². The van der Waals surface area contributed by atoms with Gasteiger partial charge < -0.3 is 19.7 Å². The van der Waals surface area contributed by atoms with E-state index in [9.17, 15) is 18.3 Å². The van der Waals surface area contributed by atoms with E-state index in [-0.39, 0.29) is 21.9 Å². The minimum Gasteiger partial charge on any atom is -0.494 e. The van der Waals surface area contributed by atoms with Crippen LogP contribution in [0.3, 0.4) is 0 Å². The summed E-state index contributed by atoms with van der Waals surface area (Å²) in [5.41, 5.74) is 2.71. The third kappa shape index (κ3) is 4.01. The van der Waals surface area contributed by atoms with E-state index in [0.29, 0.717) is 17.1 Å². The molecule has 2 N–H and O–H groups in total. The number of hydrogen-bond acceptors (Lipinski definition) is 5. The molecule has 0 saturated carbocycles. The van der Waals surface area contributed by atoms with E-state index in [2.05, 4.69) is 15.3 Å². The fraction of sp³-hybridized carbons (Fsp3) is 0.0833. The molecular formula is C24H17ClF3N5O2. The van der Waals surface area contributed by atoms with Crippen molar-refractivity contribution in [1.29, 1.82) is 0 Å². The Morgan fingerprint density at radius 3 is 2.46 bits per heavy atom. The van der Waals surface area contributed by atoms with E-state index in [4.69, 9.17) is 16.3 Å². The van der Waals surface area contributed by atoms with Crippen molar-refractivity contribution in [3.05, 3.63) is 83.3 Å². The van der Waals surface area contributed by atoms with Gasteiger partial charge in [0, 0.05) is 29.7 Å². The fourth-order valence-corrected chi connectivity index (χ4v) is 4.04. The van der Waals surface area contributed by atoms with Crippen LogP contribution in [0.2, 0.25) is 5.02 Å². The third-order valence-corrected chi connectivity index (χ3v) is 5.58. The lowest BCUT2D eigenvalue weighted by molar-refractivity contribution is 0.413. The van der Waals surface area contributed by atoms with E-state index in [1.54, 1.807) is 31.6 Å². The summed E-state index contributed by atoms with van der Waals surface area (Å²) in [6.07, 6.45) is 4.96. The molecular weight excluding hydrogens is 483 g/mol. The van der Waals surface area contributed by atoms with Crippen molar-refractivity contribution in [2.24, 2.45) is 0 Å². The number of imidazole rings is 2. The predicted octanol–water partition coefficient (Wildman–Crippen LogP) is 6.02. The van der Waals surface area contributed by atoms with Crippen molar-refractivity contribution in [3.63, 3.8) is 0 Å². The minimum atomic E-state index is -1.61. The molecule has 7 nitrogen and oxygen atoms in total. The van der Waals surface area contributed by atoms with Crippen LogP contribution in [0.1, 0.15) is 5.69 Å². The zero-order valence-corrected chi connectivity index (χ0v) is 19.1. The largest absolute Gasteiger partial charge is 0.494 e. The van der Waals surface area contributed by atoms with E-state index >= 15 is 0 Å². The van der Waals surface area contributed by atoms with E-state index < -0.39 is 23.3 Å². The van der Waals surface area contributed by atoms with Crippen LogP contribution in [0, 0.1) is 24.4 Å². The maximum Gasteiger partial charge on any atom is 0.238 e. The molecule has 0 amide bonds. The number of methoxy groups -OCH3 is 1. The van der Waals surface area contributed by atoms with E-state index in [1.165, 1.54) is 10.6 Å². The molecule has 0 fully saturated rings. The number of halogens is 4. The summed E-state index contributed by atoms with van der Waals surface area (Å²) in [6, 6.07) is 8.53. The van der Waals surface area contributed by atoms with Crippen molar-refractivity contribution in [1.82, 2.24) is 18.9 Å². The number of aromatic hydroxyl groups is 1. The third-order valence-electron chi connectivity index (χ3n) is 5.37. The maximum atomic E-state index is 13.9. The average molecular weight is 500 g/mol. The van der Waals surface area contributed by atoms with Gasteiger partial charge >= 0.3 is 0 Å². The van der Waals surface area contributed by atoms with Gasteiger partial charge in [0.1, 0.15) is 11.4 Å². The molecule has 0 atom stereocenters. The van der Waals surface area contributed by atoms with Crippen LogP contribution in [0.15, 0.2) is 55.1 Å². The van der Waals surface area contributed by atoms with E-state index in [1.807, 2.05) is 23.8 Å². The van der Waals surface area contributed by atoms with Crippen molar-refractivity contribution in [3.8, 4) is 28.6 Å². The molecule has 0 aliphatic heterocycles. The normalized spacial score (nSPS) is 11.3. The highest BCUT2D eigenvalue weighted by atomic mass is 35.5. The van der Waals surface area contributed by atoms with Crippen molar-refractivity contribution < 1.29 is 23.0 Å². The molecule has 0 saturated heterocycles. The summed E-state index contributed by atoms with van der Waals surface area (Å²) >= 11 is 6.30. The fourth-order valence-electron chi connectivity index (χ4n) is 3.83. The monoisotopic (exact) mass is 499 g/mol. The Bertz CT molecular complexity index is 1580. The molecule has 0 aliphatic carbocycles. The second-order valence-corrected chi connectivity index (χ2v) is 8.17. The number of fused-ring (bicyclic) bond motifs is 1. The molecule has 0 unspecified atom stereocenters. The quantitative estimate of drug-likeness (QED) is 0.289. The van der Waals surface area contributed by atoms with Gasteiger partial charge in [-0.05, 0) is 37.3 Å². The van der Waals surface area contributed by atoms with Gasteiger partial charge in [-0.3, -0.25) is 4.40 Å². The van der Waals surface area contributed by atoms with Gasteiger partial charge in [0.25, 0.3) is 0 Å². The van der Waals surface area contributed by atoms with Crippen LogP contribution >= 0.6 is 11.6 Å². The first-order valence-corrected chi connectivity index (χ1v) is 10.6. The Morgan fingerprint density at radius 2 is 1.80 bits per heavy atom. The molecule has 2 aromatic carbocycles. The van der Waals surface area contributed by atoms with Gasteiger partial charge in [-0.2, -0.15) is 4.98 Å². The zero-order valence-electron chi connectivity index (χ0n) is 18.4. The molecule has 0 aliphatic rings. The van der Waals surface area contributed by atoms with Crippen molar-refractivity contribution in [2.45, 2.75) is 6.92 Å². The highest BCUT2D eigenvalue weighted by Crippen LogP contribution is 2.37. The molecule has 0 radical (unpaired) electrons. The SMILES string of the molecule is COc1cc(Nc2cc(Cl)cn3c(-c4cc(F)c(F)c(F)c4)c(O)nc23)ccc1-n1cnc(C)c1. The second kappa shape index (κ2) is 8.55. The molecule has 3 heterocycles. The van der Waals surface area contributed by atoms with Crippen LogP contribution in [-0.2, 0) is 0 Å². The highest BCUT2D eigenvalue weighted by Gasteiger charge is 2.21. The predicted molar refractivity (Wildman–Crippen MR) is 125 cm³/mol. The molecule has 11 heteroatoms. The number of aromatic nitrogens is 4. The average Bonchev–Trinajstić information content (AvgIpc) is 3.39. The number of rotatable bonds is 5. The minimum absolute atomic E-state index is 0.0493. The Kier molecular flexibility index (Phi) is 5.52. The second-order valence-electron chi connectivity index (χ2n) is 7.74. The van der Waals surface area contributed by atoms with Gasteiger partial charge in [-0.15, -0.1) is 0 Å². The van der Waals surface area contributed by atoms with Crippen LogP contribution in [0.5, 0.6) is 11.6 Å². The number of hydrogen-bond donors (Lipinski definition) is 2. The summed E-state index contributed by atoms with van der Waals surface area (Å²) in [7, 11) is 1.55. The van der Waals surface area contributed by atoms with Gasteiger partial charge in [0.15, 0.2) is 23.1 Å².